The summed E-state index contributed by atoms with van der Waals surface area (Å²) in [7, 11) is 0. The highest BCUT2D eigenvalue weighted by molar-refractivity contribution is 7.80. The monoisotopic (exact) mass is 471 g/mol. The van der Waals surface area contributed by atoms with Crippen molar-refractivity contribution in [3.05, 3.63) is 47.1 Å². The minimum absolute atomic E-state index is 0.117. The van der Waals surface area contributed by atoms with Crippen molar-refractivity contribution in [2.45, 2.75) is 57.8 Å². The zero-order chi connectivity index (χ0) is 22.6. The molecule has 0 amide bonds. The molecule has 1 aliphatic heterocycles. The first-order valence-electron chi connectivity index (χ1n) is 11.8. The second-order valence-corrected chi connectivity index (χ2v) is 10.5. The fourth-order valence-electron chi connectivity index (χ4n) is 5.46. The molecule has 32 heavy (non-hydrogen) atoms. The Morgan fingerprint density at radius 3 is 2.47 bits per heavy atom. The number of piperidine rings is 1. The Hall–Kier alpha value is -1.92. The largest absolute Gasteiger partial charge is 0.361 e. The van der Waals surface area contributed by atoms with Gasteiger partial charge in [-0.1, -0.05) is 75.0 Å². The third-order valence-corrected chi connectivity index (χ3v) is 7.32. The van der Waals surface area contributed by atoms with Crippen LogP contribution in [-0.2, 0) is 5.41 Å². The van der Waals surface area contributed by atoms with Crippen LogP contribution in [-0.4, -0.2) is 34.7 Å². The summed E-state index contributed by atoms with van der Waals surface area (Å²) in [5.74, 6) is 2.59. The van der Waals surface area contributed by atoms with E-state index in [1.54, 1.807) is 0 Å². The van der Waals surface area contributed by atoms with Crippen molar-refractivity contribution >= 4 is 40.7 Å². The smallest absolute Gasteiger partial charge is 0.232 e. The number of hydrogen-bond acceptors (Lipinski definition) is 4. The van der Waals surface area contributed by atoms with Crippen molar-refractivity contribution in [1.29, 1.82) is 0 Å². The first-order valence-corrected chi connectivity index (χ1v) is 12.6. The van der Waals surface area contributed by atoms with E-state index in [-0.39, 0.29) is 5.41 Å². The molecule has 1 aromatic carbocycles. The predicted molar refractivity (Wildman–Crippen MR) is 138 cm³/mol. The third kappa shape index (κ3) is 5.70. The Kier molecular flexibility index (Phi) is 7.51. The lowest BCUT2D eigenvalue weighted by atomic mass is 9.69. The molecule has 7 heteroatoms. The maximum Gasteiger partial charge on any atom is 0.232 e. The number of hydrogen-bond donors (Lipinski definition) is 2. The van der Waals surface area contributed by atoms with Gasteiger partial charge in [0.2, 0.25) is 5.95 Å². The van der Waals surface area contributed by atoms with Crippen LogP contribution in [0.5, 0.6) is 0 Å². The molecular weight excluding hydrogens is 438 g/mol. The van der Waals surface area contributed by atoms with Crippen LogP contribution in [0, 0.1) is 11.8 Å². The maximum atomic E-state index is 6.34. The summed E-state index contributed by atoms with van der Waals surface area (Å²) in [5, 5.41) is 7.61. The highest BCUT2D eigenvalue weighted by Gasteiger charge is 2.33. The zero-order valence-electron chi connectivity index (χ0n) is 19.1. The number of benzene rings is 1. The number of aromatic nitrogens is 2. The number of halogens is 1. The molecule has 1 aromatic heterocycles. The molecule has 5 nitrogen and oxygen atoms in total. The van der Waals surface area contributed by atoms with E-state index in [2.05, 4.69) is 64.7 Å². The van der Waals surface area contributed by atoms with Crippen molar-refractivity contribution in [3.63, 3.8) is 0 Å². The van der Waals surface area contributed by atoms with Crippen LogP contribution in [0.3, 0.4) is 0 Å². The number of nitrogens with one attached hydrogen (secondary N) is 2. The van der Waals surface area contributed by atoms with Gasteiger partial charge in [-0.15, -0.1) is 0 Å². The molecule has 172 valence electrons. The average Bonchev–Trinajstić information content (AvgIpc) is 2.78. The second-order valence-electron chi connectivity index (χ2n) is 9.74. The van der Waals surface area contributed by atoms with Crippen molar-refractivity contribution in [3.8, 4) is 0 Å². The minimum Gasteiger partial charge on any atom is -0.361 e. The van der Waals surface area contributed by atoms with Crippen molar-refractivity contribution in [2.75, 3.05) is 29.9 Å². The topological polar surface area (TPSA) is 53.1 Å². The van der Waals surface area contributed by atoms with Gasteiger partial charge < -0.3 is 15.5 Å². The van der Waals surface area contributed by atoms with E-state index in [4.69, 9.17) is 28.8 Å². The van der Waals surface area contributed by atoms with Gasteiger partial charge in [0.25, 0.3) is 0 Å². The molecule has 2 fully saturated rings. The maximum absolute atomic E-state index is 6.34. The highest BCUT2D eigenvalue weighted by Crippen LogP contribution is 2.39. The van der Waals surface area contributed by atoms with Crippen LogP contribution in [0.2, 0.25) is 5.15 Å². The zero-order valence-corrected chi connectivity index (χ0v) is 20.7. The van der Waals surface area contributed by atoms with E-state index < -0.39 is 0 Å². The van der Waals surface area contributed by atoms with E-state index in [0.717, 1.165) is 25.5 Å². The second kappa shape index (κ2) is 10.3. The molecule has 2 heterocycles. The van der Waals surface area contributed by atoms with Gasteiger partial charge in [0.15, 0.2) is 5.11 Å². The van der Waals surface area contributed by atoms with Gasteiger partial charge in [-0.05, 0) is 48.9 Å². The molecule has 1 aliphatic carbocycles. The highest BCUT2D eigenvalue weighted by atomic mass is 35.5. The summed E-state index contributed by atoms with van der Waals surface area (Å²) >= 11 is 12.0. The molecule has 0 spiro atoms. The normalized spacial score (nSPS) is 22.9. The lowest BCUT2D eigenvalue weighted by Gasteiger charge is -2.38. The van der Waals surface area contributed by atoms with E-state index in [0.29, 0.717) is 28.0 Å². The van der Waals surface area contributed by atoms with Gasteiger partial charge in [-0.3, -0.25) is 0 Å². The summed E-state index contributed by atoms with van der Waals surface area (Å²) in [4.78, 5) is 11.4. The molecule has 0 unspecified atom stereocenters. The van der Waals surface area contributed by atoms with E-state index in [1.807, 2.05) is 6.07 Å². The SMILES string of the molecule is C[C@H]1C[C@H](C)CN(c2cc(Cl)nc(NC(=S)NCC3(c4ccccc4)CCCCC3)n2)C1. The molecule has 2 aromatic rings. The average molecular weight is 472 g/mol. The molecule has 1 saturated heterocycles. The summed E-state index contributed by atoms with van der Waals surface area (Å²) in [6.07, 6.45) is 7.42. The summed E-state index contributed by atoms with van der Waals surface area (Å²) < 4.78 is 0. The Balaban J connectivity index is 1.43. The number of rotatable bonds is 5. The number of nitrogens with zero attached hydrogens (tertiary/aromatic N) is 3. The number of thiocarbonyl (C=S) groups is 1. The van der Waals surface area contributed by atoms with E-state index in [9.17, 15) is 0 Å². The Morgan fingerprint density at radius 1 is 1.09 bits per heavy atom. The predicted octanol–water partition coefficient (Wildman–Crippen LogP) is 5.80. The van der Waals surface area contributed by atoms with Gasteiger partial charge in [0.05, 0.1) is 0 Å². The van der Waals surface area contributed by atoms with Crippen molar-refractivity contribution in [1.82, 2.24) is 15.3 Å². The summed E-state index contributed by atoms with van der Waals surface area (Å²) in [5.41, 5.74) is 1.51. The lowest BCUT2D eigenvalue weighted by molar-refractivity contribution is 0.292. The van der Waals surface area contributed by atoms with E-state index >= 15 is 0 Å². The minimum atomic E-state index is 0.117. The van der Waals surface area contributed by atoms with Gasteiger partial charge in [0, 0.05) is 31.1 Å². The van der Waals surface area contributed by atoms with Crippen LogP contribution in [0.15, 0.2) is 36.4 Å². The van der Waals surface area contributed by atoms with Crippen molar-refractivity contribution < 1.29 is 0 Å². The van der Waals surface area contributed by atoms with Crippen LogP contribution >= 0.6 is 23.8 Å². The van der Waals surface area contributed by atoms with E-state index in [1.165, 1.54) is 44.1 Å². The first-order chi connectivity index (χ1) is 15.4. The Bertz CT molecular complexity index is 906. The van der Waals surface area contributed by atoms with Crippen LogP contribution in [0.1, 0.15) is 57.9 Å². The molecule has 4 rings (SSSR count). The standard InChI is InChI=1S/C25H34ClN5S/c1-18-13-19(2)16-31(15-18)22-14-21(26)28-23(29-22)30-24(32)27-17-25(11-7-4-8-12-25)20-9-5-3-6-10-20/h3,5-6,9-10,14,18-19H,4,7-8,11-13,15-17H2,1-2H3,(H2,27,28,29,30,32)/t18-,19-/m0/s1. The van der Waals surface area contributed by atoms with Gasteiger partial charge >= 0.3 is 0 Å². The van der Waals surface area contributed by atoms with Crippen LogP contribution < -0.4 is 15.5 Å². The Morgan fingerprint density at radius 2 is 1.78 bits per heavy atom. The van der Waals surface area contributed by atoms with Crippen molar-refractivity contribution in [2.24, 2.45) is 11.8 Å². The molecule has 2 atom stereocenters. The molecule has 0 radical (unpaired) electrons. The summed E-state index contributed by atoms with van der Waals surface area (Å²) in [6, 6.07) is 12.7. The third-order valence-electron chi connectivity index (χ3n) is 6.88. The van der Waals surface area contributed by atoms with Gasteiger partial charge in [0.1, 0.15) is 11.0 Å². The number of anilines is 2. The summed E-state index contributed by atoms with van der Waals surface area (Å²) in [6.45, 7) is 7.35. The van der Waals surface area contributed by atoms with Crippen LogP contribution in [0.25, 0.3) is 0 Å². The molecule has 2 aliphatic rings. The fraction of sp³-hybridized carbons (Fsp3) is 0.560. The fourth-order valence-corrected chi connectivity index (χ4v) is 5.80. The molecular formula is C25H34ClN5S. The first kappa shape index (κ1) is 23.2. The quantitative estimate of drug-likeness (QED) is 0.424. The molecule has 1 saturated carbocycles. The lowest BCUT2D eigenvalue weighted by Crippen LogP contribution is -2.43. The van der Waals surface area contributed by atoms with Gasteiger partial charge in [-0.2, -0.15) is 4.98 Å². The van der Waals surface area contributed by atoms with Gasteiger partial charge in [-0.25, -0.2) is 4.98 Å². The molecule has 2 N–H and O–H groups in total. The van der Waals surface area contributed by atoms with Crippen LogP contribution in [0.4, 0.5) is 11.8 Å². The Labute approximate surface area is 202 Å². The molecule has 0 bridgehead atoms.